The molecule has 0 saturated heterocycles. The Balaban J connectivity index is 2.67. The molecule has 18 heavy (non-hydrogen) atoms. The zero-order chi connectivity index (χ0) is 14.0. The smallest absolute Gasteiger partial charge is 0.269 e. The molecule has 0 aliphatic carbocycles. The van der Waals surface area contributed by atoms with Crippen molar-refractivity contribution in [1.29, 1.82) is 0 Å². The molecule has 0 aliphatic rings. The minimum Gasteiger partial charge on any atom is -0.333 e. The van der Waals surface area contributed by atoms with Gasteiger partial charge in [0.25, 0.3) is 5.69 Å². The van der Waals surface area contributed by atoms with Crippen LogP contribution in [0.25, 0.3) is 0 Å². The second-order valence-electron chi connectivity index (χ2n) is 6.15. The number of nitrogens with one attached hydrogen (secondary N) is 1. The molecule has 0 spiro atoms. The maximum atomic E-state index is 10.6. The second kappa shape index (κ2) is 5.20. The third-order valence-electron chi connectivity index (χ3n) is 3.76. The highest BCUT2D eigenvalue weighted by Crippen LogP contribution is 2.33. The summed E-state index contributed by atoms with van der Waals surface area (Å²) in [5.74, 6) is 0. The number of hydrogen-bond donors (Lipinski definition) is 1. The zero-order valence-corrected chi connectivity index (χ0v) is 12.8. The lowest BCUT2D eigenvalue weighted by Crippen LogP contribution is -2.51. The maximum Gasteiger partial charge on any atom is 0.269 e. The van der Waals surface area contributed by atoms with Gasteiger partial charge in [-0.25, -0.2) is 0 Å². The summed E-state index contributed by atoms with van der Waals surface area (Å²) in [6.07, 6.45) is 0. The first kappa shape index (κ1) is 14.9. The highest BCUT2D eigenvalue weighted by molar-refractivity contribution is 6.77. The SMILES string of the molecule is CC(C)(C)[Si](C)(C)NCc1ccc([N+](=O)[O-])cc1. The first-order valence-electron chi connectivity index (χ1n) is 6.12. The fourth-order valence-corrected chi connectivity index (χ4v) is 2.50. The molecule has 0 radical (unpaired) electrons. The van der Waals surface area contributed by atoms with Crippen LogP contribution in [0.3, 0.4) is 0 Å². The van der Waals surface area contributed by atoms with Crippen LogP contribution in [0.5, 0.6) is 0 Å². The predicted molar refractivity (Wildman–Crippen MR) is 77.1 cm³/mol. The third-order valence-corrected chi connectivity index (χ3v) is 8.57. The van der Waals surface area contributed by atoms with Crippen molar-refractivity contribution in [1.82, 2.24) is 4.98 Å². The largest absolute Gasteiger partial charge is 0.333 e. The zero-order valence-electron chi connectivity index (χ0n) is 11.8. The third kappa shape index (κ3) is 3.65. The lowest BCUT2D eigenvalue weighted by Gasteiger charge is -2.37. The number of nitrogens with zero attached hydrogens (tertiary/aromatic N) is 1. The molecule has 0 atom stereocenters. The van der Waals surface area contributed by atoms with E-state index >= 15 is 0 Å². The summed E-state index contributed by atoms with van der Waals surface area (Å²) < 4.78 is 0. The number of hydrogen-bond acceptors (Lipinski definition) is 3. The van der Waals surface area contributed by atoms with Crippen LogP contribution in [0.4, 0.5) is 5.69 Å². The molecule has 0 unspecified atom stereocenters. The van der Waals surface area contributed by atoms with Crippen LogP contribution >= 0.6 is 0 Å². The van der Waals surface area contributed by atoms with Crippen molar-refractivity contribution in [3.63, 3.8) is 0 Å². The van der Waals surface area contributed by atoms with Gasteiger partial charge in [0.1, 0.15) is 8.24 Å². The van der Waals surface area contributed by atoms with E-state index < -0.39 is 8.24 Å². The van der Waals surface area contributed by atoms with Crippen LogP contribution in [0.1, 0.15) is 26.3 Å². The maximum absolute atomic E-state index is 10.6. The molecule has 0 saturated carbocycles. The molecule has 100 valence electrons. The van der Waals surface area contributed by atoms with Crippen molar-refractivity contribution < 1.29 is 4.92 Å². The van der Waals surface area contributed by atoms with Crippen LogP contribution < -0.4 is 4.98 Å². The van der Waals surface area contributed by atoms with Gasteiger partial charge >= 0.3 is 0 Å². The van der Waals surface area contributed by atoms with Gasteiger partial charge in [-0.3, -0.25) is 10.1 Å². The minimum atomic E-state index is -1.51. The molecule has 0 aliphatic heterocycles. The number of rotatable bonds is 4. The molecule has 5 heteroatoms. The number of non-ortho nitro benzene ring substituents is 1. The van der Waals surface area contributed by atoms with Crippen LogP contribution in [-0.2, 0) is 6.54 Å². The first-order chi connectivity index (χ1) is 8.13. The summed E-state index contributed by atoms with van der Waals surface area (Å²) in [4.78, 5) is 13.8. The van der Waals surface area contributed by atoms with E-state index in [1.807, 2.05) is 12.1 Å². The van der Waals surface area contributed by atoms with Crippen LogP contribution in [0.2, 0.25) is 18.1 Å². The van der Waals surface area contributed by atoms with Gasteiger partial charge in [0.15, 0.2) is 0 Å². The molecular formula is C13H22N2O2Si. The standard InChI is InChI=1S/C13H22N2O2Si/c1-13(2,3)18(4,5)14-10-11-6-8-12(9-7-11)15(16)17/h6-9,14H,10H2,1-5H3. The van der Waals surface area contributed by atoms with E-state index in [0.717, 1.165) is 12.1 Å². The van der Waals surface area contributed by atoms with E-state index in [-0.39, 0.29) is 15.6 Å². The summed E-state index contributed by atoms with van der Waals surface area (Å²) in [5.41, 5.74) is 1.23. The summed E-state index contributed by atoms with van der Waals surface area (Å²) in [6, 6.07) is 6.75. The van der Waals surface area contributed by atoms with E-state index in [1.165, 1.54) is 0 Å². The lowest BCUT2D eigenvalue weighted by molar-refractivity contribution is -0.384. The summed E-state index contributed by atoms with van der Waals surface area (Å²) >= 11 is 0. The molecule has 0 bridgehead atoms. The van der Waals surface area contributed by atoms with Crippen molar-refractivity contribution in [2.45, 2.75) is 45.4 Å². The molecule has 1 rings (SSSR count). The van der Waals surface area contributed by atoms with Gasteiger partial charge in [-0.15, -0.1) is 0 Å². The van der Waals surface area contributed by atoms with Gasteiger partial charge in [0.2, 0.25) is 0 Å². The minimum absolute atomic E-state index is 0.145. The van der Waals surface area contributed by atoms with E-state index in [0.29, 0.717) is 0 Å². The summed E-state index contributed by atoms with van der Waals surface area (Å²) in [7, 11) is -1.51. The highest BCUT2D eigenvalue weighted by atomic mass is 28.3. The first-order valence-corrected chi connectivity index (χ1v) is 9.12. The van der Waals surface area contributed by atoms with E-state index in [4.69, 9.17) is 0 Å². The Hall–Kier alpha value is -1.20. The normalized spacial score (nSPS) is 12.5. The van der Waals surface area contributed by atoms with Crippen molar-refractivity contribution in [3.05, 3.63) is 39.9 Å². The van der Waals surface area contributed by atoms with Crippen LogP contribution in [-0.4, -0.2) is 13.2 Å². The molecule has 0 amide bonds. The van der Waals surface area contributed by atoms with Gasteiger partial charge in [-0.1, -0.05) is 46.0 Å². The molecule has 0 fully saturated rings. The highest BCUT2D eigenvalue weighted by Gasteiger charge is 2.34. The predicted octanol–water partition coefficient (Wildman–Crippen LogP) is 3.69. The van der Waals surface area contributed by atoms with Gasteiger partial charge in [0.05, 0.1) is 4.92 Å². The van der Waals surface area contributed by atoms with E-state index in [9.17, 15) is 10.1 Å². The quantitative estimate of drug-likeness (QED) is 0.513. The number of benzene rings is 1. The van der Waals surface area contributed by atoms with Crippen molar-refractivity contribution >= 4 is 13.9 Å². The van der Waals surface area contributed by atoms with E-state index in [2.05, 4.69) is 38.8 Å². The number of nitro groups is 1. The van der Waals surface area contributed by atoms with Gasteiger partial charge < -0.3 is 4.98 Å². The molecule has 4 nitrogen and oxygen atoms in total. The Morgan fingerprint density at radius 1 is 1.22 bits per heavy atom. The van der Waals surface area contributed by atoms with Crippen molar-refractivity contribution in [2.75, 3.05) is 0 Å². The molecule has 1 aromatic carbocycles. The van der Waals surface area contributed by atoms with Crippen molar-refractivity contribution in [3.8, 4) is 0 Å². The monoisotopic (exact) mass is 266 g/mol. The van der Waals surface area contributed by atoms with Gasteiger partial charge in [0, 0.05) is 18.7 Å². The van der Waals surface area contributed by atoms with Crippen LogP contribution in [0.15, 0.2) is 24.3 Å². The molecule has 0 heterocycles. The Kier molecular flexibility index (Phi) is 4.29. The second-order valence-corrected chi connectivity index (χ2v) is 11.3. The lowest BCUT2D eigenvalue weighted by atomic mass is 10.2. The van der Waals surface area contributed by atoms with Gasteiger partial charge in [-0.2, -0.15) is 0 Å². The Morgan fingerprint density at radius 3 is 2.11 bits per heavy atom. The Morgan fingerprint density at radius 2 is 1.72 bits per heavy atom. The topological polar surface area (TPSA) is 55.2 Å². The molecule has 0 aromatic heterocycles. The Labute approximate surface area is 110 Å². The molecule has 1 aromatic rings. The average molecular weight is 266 g/mol. The fourth-order valence-electron chi connectivity index (χ4n) is 1.32. The van der Waals surface area contributed by atoms with E-state index in [1.54, 1.807) is 12.1 Å². The molecular weight excluding hydrogens is 244 g/mol. The number of nitro benzene ring substituents is 1. The van der Waals surface area contributed by atoms with Gasteiger partial charge in [-0.05, 0) is 10.6 Å². The van der Waals surface area contributed by atoms with Crippen LogP contribution in [0, 0.1) is 10.1 Å². The summed E-state index contributed by atoms with van der Waals surface area (Å²) in [6.45, 7) is 12.1. The summed E-state index contributed by atoms with van der Waals surface area (Å²) in [5, 5.41) is 10.8. The fraction of sp³-hybridized carbons (Fsp3) is 0.538. The molecule has 1 N–H and O–H groups in total. The van der Waals surface area contributed by atoms with Crippen molar-refractivity contribution in [2.24, 2.45) is 0 Å². The average Bonchev–Trinajstić information content (AvgIpc) is 2.25. The Bertz CT molecular complexity index is 422.